The van der Waals surface area contributed by atoms with Crippen molar-refractivity contribution in [3.63, 3.8) is 0 Å². The van der Waals surface area contributed by atoms with Gasteiger partial charge in [-0.1, -0.05) is 12.1 Å². The SMILES string of the molecule is Cc1cccc(N)c1S(=O)(=O)N1CCc2sccc2C1. The van der Waals surface area contributed by atoms with E-state index in [1.165, 1.54) is 9.18 Å². The summed E-state index contributed by atoms with van der Waals surface area (Å²) in [5, 5.41) is 2.02. The topological polar surface area (TPSA) is 63.4 Å². The van der Waals surface area contributed by atoms with Gasteiger partial charge in [0.05, 0.1) is 5.69 Å². The second kappa shape index (κ2) is 4.87. The number of hydrogen-bond acceptors (Lipinski definition) is 4. The number of thiophene rings is 1. The highest BCUT2D eigenvalue weighted by atomic mass is 32.2. The summed E-state index contributed by atoms with van der Waals surface area (Å²) in [7, 11) is -3.53. The number of aryl methyl sites for hydroxylation is 1. The van der Waals surface area contributed by atoms with Crippen LogP contribution in [0.15, 0.2) is 34.5 Å². The third-order valence-electron chi connectivity index (χ3n) is 3.61. The first-order valence-corrected chi connectivity index (χ1v) is 8.72. The molecule has 0 aliphatic carbocycles. The molecule has 1 aliphatic rings. The molecule has 0 saturated carbocycles. The highest BCUT2D eigenvalue weighted by Crippen LogP contribution is 2.31. The molecule has 0 saturated heterocycles. The van der Waals surface area contributed by atoms with E-state index in [-0.39, 0.29) is 4.90 Å². The van der Waals surface area contributed by atoms with Crippen molar-refractivity contribution in [3.8, 4) is 0 Å². The van der Waals surface area contributed by atoms with Gasteiger partial charge in [0.2, 0.25) is 10.0 Å². The molecule has 0 atom stereocenters. The average molecular weight is 308 g/mol. The monoisotopic (exact) mass is 308 g/mol. The van der Waals surface area contributed by atoms with Gasteiger partial charge in [0.1, 0.15) is 4.90 Å². The van der Waals surface area contributed by atoms with E-state index in [1.807, 2.05) is 11.4 Å². The van der Waals surface area contributed by atoms with Crippen LogP contribution in [0.1, 0.15) is 16.0 Å². The maximum absolute atomic E-state index is 12.8. The Bertz CT molecular complexity index is 730. The Balaban J connectivity index is 2.02. The summed E-state index contributed by atoms with van der Waals surface area (Å²) in [4.78, 5) is 1.54. The summed E-state index contributed by atoms with van der Waals surface area (Å²) < 4.78 is 27.1. The Morgan fingerprint density at radius 2 is 2.10 bits per heavy atom. The standard InChI is InChI=1S/C14H16N2O2S2/c1-10-3-2-4-12(15)14(10)20(17,18)16-7-5-13-11(9-16)6-8-19-13/h2-4,6,8H,5,7,9,15H2,1H3. The van der Waals surface area contributed by atoms with Crippen molar-refractivity contribution < 1.29 is 8.42 Å². The van der Waals surface area contributed by atoms with E-state index in [1.54, 1.807) is 36.5 Å². The van der Waals surface area contributed by atoms with Crippen LogP contribution in [0.3, 0.4) is 0 Å². The minimum atomic E-state index is -3.53. The molecule has 106 valence electrons. The van der Waals surface area contributed by atoms with E-state index in [0.717, 1.165) is 12.0 Å². The van der Waals surface area contributed by atoms with Crippen molar-refractivity contribution in [1.82, 2.24) is 4.31 Å². The zero-order valence-electron chi connectivity index (χ0n) is 11.2. The number of rotatable bonds is 2. The lowest BCUT2D eigenvalue weighted by atomic mass is 10.1. The van der Waals surface area contributed by atoms with E-state index in [2.05, 4.69) is 0 Å². The molecule has 1 aliphatic heterocycles. The van der Waals surface area contributed by atoms with Crippen molar-refractivity contribution >= 4 is 27.0 Å². The van der Waals surface area contributed by atoms with Crippen LogP contribution in [-0.2, 0) is 23.0 Å². The van der Waals surface area contributed by atoms with Gasteiger partial charge in [-0.2, -0.15) is 4.31 Å². The molecule has 2 aromatic rings. The van der Waals surface area contributed by atoms with Crippen molar-refractivity contribution in [1.29, 1.82) is 0 Å². The van der Waals surface area contributed by atoms with Crippen LogP contribution in [0.2, 0.25) is 0 Å². The number of benzene rings is 1. The third kappa shape index (κ3) is 2.13. The zero-order valence-corrected chi connectivity index (χ0v) is 12.8. The number of fused-ring (bicyclic) bond motifs is 1. The van der Waals surface area contributed by atoms with Crippen LogP contribution < -0.4 is 5.73 Å². The molecule has 1 aromatic carbocycles. The number of nitrogens with zero attached hydrogens (tertiary/aromatic N) is 1. The van der Waals surface area contributed by atoms with Crippen molar-refractivity contribution in [3.05, 3.63) is 45.6 Å². The average Bonchev–Trinajstić information content (AvgIpc) is 2.85. The second-order valence-electron chi connectivity index (χ2n) is 4.95. The summed E-state index contributed by atoms with van der Waals surface area (Å²) in [5.74, 6) is 0. The lowest BCUT2D eigenvalue weighted by Gasteiger charge is -2.27. The Kier molecular flexibility index (Phi) is 3.32. The summed E-state index contributed by atoms with van der Waals surface area (Å²) in [6, 6.07) is 7.20. The Labute approximate surface area is 122 Å². The number of hydrogen-bond donors (Lipinski definition) is 1. The molecular weight excluding hydrogens is 292 g/mol. The fourth-order valence-corrected chi connectivity index (χ4v) is 5.21. The molecule has 1 aromatic heterocycles. The largest absolute Gasteiger partial charge is 0.398 e. The number of nitrogen functional groups attached to an aromatic ring is 1. The molecule has 0 bridgehead atoms. The molecule has 4 nitrogen and oxygen atoms in total. The van der Waals surface area contributed by atoms with Gasteiger partial charge >= 0.3 is 0 Å². The van der Waals surface area contributed by atoms with Crippen LogP contribution in [-0.4, -0.2) is 19.3 Å². The lowest BCUT2D eigenvalue weighted by Crippen LogP contribution is -2.36. The highest BCUT2D eigenvalue weighted by molar-refractivity contribution is 7.89. The molecule has 0 unspecified atom stereocenters. The second-order valence-corrected chi connectivity index (χ2v) is 7.83. The first-order valence-electron chi connectivity index (χ1n) is 6.40. The lowest BCUT2D eigenvalue weighted by molar-refractivity contribution is 0.394. The van der Waals surface area contributed by atoms with Gasteiger partial charge in [0.25, 0.3) is 0 Å². The fourth-order valence-electron chi connectivity index (χ4n) is 2.58. The molecule has 0 spiro atoms. The predicted molar refractivity (Wildman–Crippen MR) is 81.2 cm³/mol. The zero-order chi connectivity index (χ0) is 14.3. The van der Waals surface area contributed by atoms with E-state index in [9.17, 15) is 8.42 Å². The quantitative estimate of drug-likeness (QED) is 0.866. The Morgan fingerprint density at radius 3 is 2.85 bits per heavy atom. The number of sulfonamides is 1. The van der Waals surface area contributed by atoms with Crippen LogP contribution in [0, 0.1) is 6.92 Å². The number of nitrogens with two attached hydrogens (primary N) is 1. The molecule has 20 heavy (non-hydrogen) atoms. The van der Waals surface area contributed by atoms with Gasteiger partial charge in [-0.25, -0.2) is 8.42 Å². The van der Waals surface area contributed by atoms with Gasteiger partial charge in [-0.3, -0.25) is 0 Å². The Hall–Kier alpha value is -1.37. The Morgan fingerprint density at radius 1 is 1.30 bits per heavy atom. The minimum absolute atomic E-state index is 0.249. The fraction of sp³-hybridized carbons (Fsp3) is 0.286. The van der Waals surface area contributed by atoms with Gasteiger partial charge in [-0.05, 0) is 42.0 Å². The van der Waals surface area contributed by atoms with Crippen LogP contribution in [0.4, 0.5) is 5.69 Å². The molecule has 2 N–H and O–H groups in total. The molecule has 6 heteroatoms. The predicted octanol–water partition coefficient (Wildman–Crippen LogP) is 2.39. The molecule has 3 rings (SSSR count). The van der Waals surface area contributed by atoms with Crippen LogP contribution in [0.25, 0.3) is 0 Å². The van der Waals surface area contributed by atoms with Crippen LogP contribution >= 0.6 is 11.3 Å². The molecule has 2 heterocycles. The van der Waals surface area contributed by atoms with Crippen LogP contribution in [0.5, 0.6) is 0 Å². The normalized spacial score (nSPS) is 16.1. The minimum Gasteiger partial charge on any atom is -0.398 e. The van der Waals surface area contributed by atoms with Gasteiger partial charge in [0.15, 0.2) is 0 Å². The van der Waals surface area contributed by atoms with Gasteiger partial charge in [0, 0.05) is 18.0 Å². The number of anilines is 1. The van der Waals surface area contributed by atoms with Crippen molar-refractivity contribution in [2.45, 2.75) is 24.8 Å². The molecule has 0 amide bonds. The molecule has 0 fully saturated rings. The third-order valence-corrected chi connectivity index (χ3v) is 6.70. The molecule has 0 radical (unpaired) electrons. The van der Waals surface area contributed by atoms with E-state index >= 15 is 0 Å². The smallest absolute Gasteiger partial charge is 0.245 e. The first kappa shape index (κ1) is 13.6. The maximum Gasteiger partial charge on any atom is 0.245 e. The summed E-state index contributed by atoms with van der Waals surface area (Å²) in [6.07, 6.45) is 0.776. The van der Waals surface area contributed by atoms with Crippen molar-refractivity contribution in [2.24, 2.45) is 0 Å². The summed E-state index contributed by atoms with van der Waals surface area (Å²) in [5.41, 5.74) is 8.01. The highest BCUT2D eigenvalue weighted by Gasteiger charge is 2.31. The van der Waals surface area contributed by atoms with E-state index in [0.29, 0.717) is 24.3 Å². The molecular formula is C14H16N2O2S2. The van der Waals surface area contributed by atoms with E-state index < -0.39 is 10.0 Å². The van der Waals surface area contributed by atoms with Gasteiger partial charge in [-0.15, -0.1) is 11.3 Å². The summed E-state index contributed by atoms with van der Waals surface area (Å²) >= 11 is 1.69. The maximum atomic E-state index is 12.8. The van der Waals surface area contributed by atoms with Gasteiger partial charge < -0.3 is 5.73 Å². The van der Waals surface area contributed by atoms with E-state index in [4.69, 9.17) is 5.73 Å². The van der Waals surface area contributed by atoms with Crippen molar-refractivity contribution in [2.75, 3.05) is 12.3 Å². The first-order chi connectivity index (χ1) is 9.50. The summed E-state index contributed by atoms with van der Waals surface area (Å²) in [6.45, 7) is 2.74.